The number of primary amides is 1. The Morgan fingerprint density at radius 3 is 2.20 bits per heavy atom. The molecule has 7 heteroatoms. The Morgan fingerprint density at radius 1 is 1.40 bits per heavy atom. The van der Waals surface area contributed by atoms with Gasteiger partial charge < -0.3 is 27.4 Å². The summed E-state index contributed by atoms with van der Waals surface area (Å²) in [4.78, 5) is 10.2. The second kappa shape index (κ2) is 6.19. The van der Waals surface area contributed by atoms with Crippen LogP contribution in [-0.4, -0.2) is 57.2 Å². The molecule has 0 spiro atoms. The van der Waals surface area contributed by atoms with Crippen LogP contribution in [0.5, 0.6) is 0 Å². The fraction of sp³-hybridized carbons (Fsp3) is 0.875. The van der Waals surface area contributed by atoms with Crippen LogP contribution in [0.1, 0.15) is 0 Å². The first-order valence-electron chi connectivity index (χ1n) is 4.21. The Morgan fingerprint density at radius 2 is 1.87 bits per heavy atom. The number of nitrogens with zero attached hydrogens (tertiary/aromatic N) is 1. The van der Waals surface area contributed by atoms with Crippen LogP contribution in [0, 0.1) is 0 Å². The highest BCUT2D eigenvalue weighted by molar-refractivity contribution is 5.81. The number of rotatable bonds is 6. The van der Waals surface area contributed by atoms with Gasteiger partial charge in [-0.25, -0.2) is 0 Å². The molecule has 0 unspecified atom stereocenters. The van der Waals surface area contributed by atoms with Crippen molar-refractivity contribution in [2.75, 3.05) is 40.9 Å². The Kier molecular flexibility index (Phi) is 7.00. The third kappa shape index (κ3) is 8.53. The summed E-state index contributed by atoms with van der Waals surface area (Å²) in [6.07, 6.45) is 0. The van der Waals surface area contributed by atoms with Gasteiger partial charge in [0.1, 0.15) is 13.2 Å². The summed E-state index contributed by atoms with van der Waals surface area (Å²) in [7, 11) is 5.74. The molecule has 0 heterocycles. The van der Waals surface area contributed by atoms with Crippen LogP contribution in [-0.2, 0) is 9.53 Å². The highest BCUT2D eigenvalue weighted by Gasteiger charge is 2.36. The Hall–Kier alpha value is -0.460. The summed E-state index contributed by atoms with van der Waals surface area (Å²) >= 11 is 0. The van der Waals surface area contributed by atoms with Gasteiger partial charge in [-0.2, -0.15) is 8.78 Å². The number of alkyl halides is 2. The molecule has 0 aromatic carbocycles. The van der Waals surface area contributed by atoms with Crippen LogP contribution >= 0.6 is 0 Å². The van der Waals surface area contributed by atoms with Gasteiger partial charge in [-0.05, 0) is 0 Å². The molecule has 0 saturated carbocycles. The van der Waals surface area contributed by atoms with Crippen molar-refractivity contribution in [1.82, 2.24) is 0 Å². The van der Waals surface area contributed by atoms with E-state index in [1.165, 1.54) is 0 Å². The number of nitrogens with two attached hydrogens (primary N) is 1. The zero-order valence-electron chi connectivity index (χ0n) is 9.10. The maximum Gasteiger partial charge on any atom is 0.346 e. The normalized spacial score (nSPS) is 12.1. The van der Waals surface area contributed by atoms with Crippen LogP contribution in [0.4, 0.5) is 8.78 Å². The fourth-order valence-corrected chi connectivity index (χ4v) is 0.610. The molecule has 4 nitrogen and oxygen atoms in total. The molecule has 1 amide bonds. The lowest BCUT2D eigenvalue weighted by atomic mass is 10.3. The molecule has 15 heavy (non-hydrogen) atoms. The highest BCUT2D eigenvalue weighted by Crippen LogP contribution is 2.12. The number of hydrogen-bond acceptors (Lipinski definition) is 2. The third-order valence-corrected chi connectivity index (χ3v) is 1.55. The van der Waals surface area contributed by atoms with Gasteiger partial charge in [-0.15, -0.1) is 0 Å². The standard InChI is InChI=1S/C8H16F2N2O2.ClH/c1-12(2,3)4-5-14-6-8(9,10)7(11)13;/h4-6H2,1-3H3,(H-,11,13);1H. The molecule has 0 fully saturated rings. The summed E-state index contributed by atoms with van der Waals surface area (Å²) in [5, 5.41) is 0. The van der Waals surface area contributed by atoms with Gasteiger partial charge in [0.2, 0.25) is 0 Å². The van der Waals surface area contributed by atoms with E-state index >= 15 is 0 Å². The van der Waals surface area contributed by atoms with E-state index in [4.69, 9.17) is 0 Å². The van der Waals surface area contributed by atoms with Gasteiger partial charge in [0.15, 0.2) is 0 Å². The molecule has 0 saturated heterocycles. The number of hydrogen-bond donors (Lipinski definition) is 1. The number of likely N-dealkylation sites (N-methyl/N-ethyl adjacent to an activating group) is 1. The van der Waals surface area contributed by atoms with Crippen LogP contribution in [0.3, 0.4) is 0 Å². The molecule has 0 aromatic heterocycles. The van der Waals surface area contributed by atoms with Gasteiger partial charge >= 0.3 is 5.92 Å². The average molecular weight is 247 g/mol. The van der Waals surface area contributed by atoms with Crippen molar-refractivity contribution in [3.05, 3.63) is 0 Å². The van der Waals surface area contributed by atoms with Crippen molar-refractivity contribution in [2.45, 2.75) is 5.92 Å². The number of halogens is 3. The van der Waals surface area contributed by atoms with Gasteiger partial charge in [-0.1, -0.05) is 0 Å². The minimum absolute atomic E-state index is 0. The maximum absolute atomic E-state index is 12.6. The smallest absolute Gasteiger partial charge is 0.346 e. The monoisotopic (exact) mass is 246 g/mol. The quantitative estimate of drug-likeness (QED) is 0.397. The van der Waals surface area contributed by atoms with E-state index in [9.17, 15) is 13.6 Å². The lowest BCUT2D eigenvalue weighted by molar-refractivity contribution is -0.870. The van der Waals surface area contributed by atoms with E-state index in [2.05, 4.69) is 10.5 Å². The van der Waals surface area contributed by atoms with Crippen molar-refractivity contribution < 1.29 is 35.2 Å². The van der Waals surface area contributed by atoms with Crippen molar-refractivity contribution in [3.63, 3.8) is 0 Å². The van der Waals surface area contributed by atoms with Crippen LogP contribution in [0.15, 0.2) is 0 Å². The van der Waals surface area contributed by atoms with Crippen molar-refractivity contribution in [3.8, 4) is 0 Å². The van der Waals surface area contributed by atoms with Crippen LogP contribution < -0.4 is 18.1 Å². The minimum Gasteiger partial charge on any atom is -1.00 e. The predicted octanol–water partition coefficient (Wildman–Crippen LogP) is -3.17. The SMILES string of the molecule is C[N+](C)(C)CCOCC(F)(F)C(N)=O.[Cl-]. The molecule has 0 radical (unpaired) electrons. The second-order valence-electron chi connectivity index (χ2n) is 4.14. The van der Waals surface area contributed by atoms with E-state index in [1.54, 1.807) is 0 Å². The number of carbonyl (C=O) groups is 1. The van der Waals surface area contributed by atoms with E-state index in [1.807, 2.05) is 21.1 Å². The number of ether oxygens (including phenoxy) is 1. The van der Waals surface area contributed by atoms with E-state index in [0.717, 1.165) is 0 Å². The minimum atomic E-state index is -3.56. The lowest BCUT2D eigenvalue weighted by Crippen LogP contribution is -3.00. The third-order valence-electron chi connectivity index (χ3n) is 1.55. The molecule has 92 valence electrons. The second-order valence-corrected chi connectivity index (χ2v) is 4.14. The van der Waals surface area contributed by atoms with Crippen molar-refractivity contribution in [2.24, 2.45) is 5.73 Å². The largest absolute Gasteiger partial charge is 1.00 e. The molecule has 0 aliphatic heterocycles. The van der Waals surface area contributed by atoms with E-state index in [0.29, 0.717) is 11.0 Å². The number of carbonyl (C=O) groups excluding carboxylic acids is 1. The topological polar surface area (TPSA) is 52.3 Å². The number of amides is 1. The Labute approximate surface area is 94.4 Å². The molecule has 0 aromatic rings. The Bertz CT molecular complexity index is 207. The lowest BCUT2D eigenvalue weighted by Gasteiger charge is -2.23. The summed E-state index contributed by atoms with van der Waals surface area (Å²) in [5.74, 6) is -5.21. The Balaban J connectivity index is 0. The maximum atomic E-state index is 12.6. The number of quaternary nitrogens is 1. The predicted molar refractivity (Wildman–Crippen MR) is 47.9 cm³/mol. The van der Waals surface area contributed by atoms with Crippen LogP contribution in [0.2, 0.25) is 0 Å². The zero-order chi connectivity index (χ0) is 11.4. The summed E-state index contributed by atoms with van der Waals surface area (Å²) in [6.45, 7) is -0.177. The fourth-order valence-electron chi connectivity index (χ4n) is 0.610. The van der Waals surface area contributed by atoms with E-state index in [-0.39, 0.29) is 19.0 Å². The first-order chi connectivity index (χ1) is 6.15. The molecular formula is C8H17ClF2N2O2. The van der Waals surface area contributed by atoms with Crippen LogP contribution in [0.25, 0.3) is 0 Å². The van der Waals surface area contributed by atoms with Crippen molar-refractivity contribution in [1.29, 1.82) is 0 Å². The van der Waals surface area contributed by atoms with Gasteiger partial charge in [0.05, 0.1) is 27.7 Å². The van der Waals surface area contributed by atoms with E-state index < -0.39 is 18.4 Å². The summed E-state index contributed by atoms with van der Waals surface area (Å²) < 4.78 is 30.4. The first-order valence-corrected chi connectivity index (χ1v) is 4.21. The van der Waals surface area contributed by atoms with Gasteiger partial charge in [0, 0.05) is 0 Å². The van der Waals surface area contributed by atoms with Crippen molar-refractivity contribution >= 4 is 5.91 Å². The highest BCUT2D eigenvalue weighted by atomic mass is 35.5. The summed E-state index contributed by atoms with van der Waals surface area (Å²) in [5.41, 5.74) is 4.47. The summed E-state index contributed by atoms with van der Waals surface area (Å²) in [6, 6.07) is 0. The zero-order valence-corrected chi connectivity index (χ0v) is 9.85. The molecule has 0 aliphatic carbocycles. The molecule has 2 N–H and O–H groups in total. The average Bonchev–Trinajstić information content (AvgIpc) is 1.96. The molecule has 0 atom stereocenters. The molecule has 0 aliphatic rings. The van der Waals surface area contributed by atoms with Gasteiger partial charge in [0.25, 0.3) is 5.91 Å². The first kappa shape index (κ1) is 17.0. The van der Waals surface area contributed by atoms with Gasteiger partial charge in [-0.3, -0.25) is 4.79 Å². The molecule has 0 rings (SSSR count). The molecule has 0 bridgehead atoms. The molecular weight excluding hydrogens is 230 g/mol.